The first-order valence-corrected chi connectivity index (χ1v) is 26.8. The fourth-order valence-electron chi connectivity index (χ4n) is 7.94. The van der Waals surface area contributed by atoms with Crippen molar-refractivity contribution in [1.82, 2.24) is 9.97 Å². The van der Waals surface area contributed by atoms with E-state index in [2.05, 4.69) is 129 Å². The molecule has 1 aliphatic rings. The maximum absolute atomic E-state index is 6.20. The van der Waals surface area contributed by atoms with Gasteiger partial charge < -0.3 is 9.40 Å². The van der Waals surface area contributed by atoms with Crippen molar-refractivity contribution in [2.45, 2.75) is 82.5 Å². The fourth-order valence-corrected chi connectivity index (χ4v) is 11.3. The third kappa shape index (κ3) is 9.33. The van der Waals surface area contributed by atoms with E-state index in [0.717, 1.165) is 62.4 Å². The number of aromatic nitrogens is 2. The average Bonchev–Trinajstić information content (AvgIpc) is 3.55. The summed E-state index contributed by atoms with van der Waals surface area (Å²) in [6.07, 6.45) is 12.1. The topological polar surface area (TPSA) is 38.9 Å². The molecule has 0 bridgehead atoms. The Labute approximate surface area is 338 Å². The first kappa shape index (κ1) is 39.9. The molecule has 0 spiro atoms. The van der Waals surface area contributed by atoms with Crippen LogP contribution in [0.25, 0.3) is 55.6 Å². The van der Waals surface area contributed by atoms with Crippen LogP contribution in [0, 0.1) is 24.0 Å². The van der Waals surface area contributed by atoms with Gasteiger partial charge >= 0.3 is 126 Å². The molecule has 1 unspecified atom stereocenters. The molecule has 0 amide bonds. The van der Waals surface area contributed by atoms with Gasteiger partial charge in [-0.1, -0.05) is 85.7 Å². The van der Waals surface area contributed by atoms with Crippen molar-refractivity contribution in [1.29, 1.82) is 0 Å². The van der Waals surface area contributed by atoms with Gasteiger partial charge in [0.25, 0.3) is 0 Å². The van der Waals surface area contributed by atoms with Gasteiger partial charge in [-0.05, 0) is 53.6 Å². The molecular formula is C49H52GeIrN2O-2. The van der Waals surface area contributed by atoms with Gasteiger partial charge in [0.05, 0.1) is 5.58 Å². The van der Waals surface area contributed by atoms with Crippen LogP contribution in [0.3, 0.4) is 0 Å². The molecule has 5 heteroatoms. The van der Waals surface area contributed by atoms with E-state index in [-0.39, 0.29) is 20.1 Å². The summed E-state index contributed by atoms with van der Waals surface area (Å²) in [5, 5.41) is 2.25. The quantitative estimate of drug-likeness (QED) is 0.113. The zero-order valence-electron chi connectivity index (χ0n) is 32.6. The Morgan fingerprint density at radius 2 is 1.48 bits per heavy atom. The summed E-state index contributed by atoms with van der Waals surface area (Å²) in [4.78, 5) is 9.40. The molecule has 1 aliphatic carbocycles. The average molecular weight is 950 g/mol. The van der Waals surface area contributed by atoms with E-state index >= 15 is 0 Å². The molecule has 3 nitrogen and oxygen atoms in total. The van der Waals surface area contributed by atoms with Crippen LogP contribution in [0.4, 0.5) is 0 Å². The number of benzene rings is 4. The minimum atomic E-state index is -1.86. The molecule has 0 aliphatic heterocycles. The van der Waals surface area contributed by atoms with Crippen molar-refractivity contribution in [3.05, 3.63) is 139 Å². The van der Waals surface area contributed by atoms with E-state index in [0.29, 0.717) is 11.8 Å². The van der Waals surface area contributed by atoms with E-state index in [9.17, 15) is 0 Å². The number of furan rings is 1. The number of fused-ring (bicyclic) bond motifs is 3. The number of pyridine rings is 2. The Hall–Kier alpha value is -3.83. The number of nitrogens with zero attached hydrogens (tertiary/aromatic N) is 2. The minimum Gasteiger partial charge on any atom is -0.500 e. The molecule has 8 rings (SSSR count). The molecule has 3 aromatic heterocycles. The van der Waals surface area contributed by atoms with Crippen molar-refractivity contribution >= 4 is 39.6 Å². The van der Waals surface area contributed by atoms with Gasteiger partial charge in [0.2, 0.25) is 0 Å². The first-order valence-electron chi connectivity index (χ1n) is 19.5. The maximum atomic E-state index is 6.20. The predicted octanol–water partition coefficient (Wildman–Crippen LogP) is 13.1. The van der Waals surface area contributed by atoms with Crippen LogP contribution in [-0.2, 0) is 26.5 Å². The summed E-state index contributed by atoms with van der Waals surface area (Å²) in [5.41, 5.74) is 11.2. The van der Waals surface area contributed by atoms with E-state index in [1.807, 2.05) is 36.5 Å². The molecule has 0 N–H and O–H groups in total. The Kier molecular flexibility index (Phi) is 13.1. The third-order valence-electron chi connectivity index (χ3n) is 10.9. The molecule has 4 aromatic carbocycles. The summed E-state index contributed by atoms with van der Waals surface area (Å²) in [7, 11) is 0. The molecule has 54 heavy (non-hydrogen) atoms. The Morgan fingerprint density at radius 1 is 0.722 bits per heavy atom. The van der Waals surface area contributed by atoms with Crippen LogP contribution >= 0.6 is 0 Å². The molecule has 1 saturated carbocycles. The summed E-state index contributed by atoms with van der Waals surface area (Å²) in [5.74, 6) is 9.35. The van der Waals surface area contributed by atoms with E-state index < -0.39 is 13.3 Å². The van der Waals surface area contributed by atoms with Gasteiger partial charge in [0.15, 0.2) is 0 Å². The van der Waals surface area contributed by atoms with E-state index in [1.54, 1.807) is 4.40 Å². The molecule has 1 fully saturated rings. The molecule has 1 atom stereocenters. The maximum Gasteiger partial charge on any atom is 0.121 e. The normalized spacial score (nSPS) is 14.1. The van der Waals surface area contributed by atoms with Crippen molar-refractivity contribution in [2.24, 2.45) is 11.8 Å². The standard InChI is InChI=1S/C31H28NO.C18H24GeN.Ir/c1-21(22-8-4-2-5-9-22)24-16-17-32-29(19-24)26-13-15-30-28(18-26)27-14-12-25(20-31(27)33-30)23-10-6-3-7-11-23;1-14(2)11-16-12-18(15-9-7-6-8-10-15)20-13-17(16)19(3,4)5;/h3,6-7,10-12,14-22H,2,4-5,8-9H2,1H3;6-9,12-14H,11H2,1-5H3;/q2*-1;. The Balaban J connectivity index is 0.000000205. The second kappa shape index (κ2) is 17.8. The predicted molar refractivity (Wildman–Crippen MR) is 226 cm³/mol. The number of rotatable bonds is 8. The second-order valence-corrected chi connectivity index (χ2v) is 26.9. The molecule has 7 aromatic rings. The Bertz CT molecular complexity index is 2290. The van der Waals surface area contributed by atoms with Crippen molar-refractivity contribution in [3.63, 3.8) is 0 Å². The van der Waals surface area contributed by atoms with Crippen LogP contribution in [0.15, 0.2) is 120 Å². The molecule has 0 saturated heterocycles. The van der Waals surface area contributed by atoms with E-state index in [1.165, 1.54) is 48.8 Å². The molecular weight excluding hydrogens is 897 g/mol. The van der Waals surface area contributed by atoms with Crippen LogP contribution in [0.2, 0.25) is 17.3 Å². The van der Waals surface area contributed by atoms with Gasteiger partial charge in [-0.3, -0.25) is 0 Å². The fraction of sp³-hybridized carbons (Fsp3) is 0.306. The second-order valence-electron chi connectivity index (χ2n) is 16.3. The van der Waals surface area contributed by atoms with Crippen LogP contribution in [-0.4, -0.2) is 23.2 Å². The van der Waals surface area contributed by atoms with Crippen LogP contribution < -0.4 is 4.40 Å². The molecule has 3 heterocycles. The van der Waals surface area contributed by atoms with Crippen molar-refractivity contribution < 1.29 is 24.5 Å². The number of hydrogen-bond donors (Lipinski definition) is 0. The van der Waals surface area contributed by atoms with Gasteiger partial charge in [0, 0.05) is 31.7 Å². The van der Waals surface area contributed by atoms with Crippen molar-refractivity contribution in [3.8, 4) is 33.6 Å². The summed E-state index contributed by atoms with van der Waals surface area (Å²) < 4.78 is 7.74. The smallest absolute Gasteiger partial charge is 0.121 e. The summed E-state index contributed by atoms with van der Waals surface area (Å²) in [6.45, 7) is 6.96. The van der Waals surface area contributed by atoms with Crippen LogP contribution in [0.1, 0.15) is 69.9 Å². The SMILES string of the molecule is CC(C)Cc1cc(-c2[c-]cccc2)nc[c]1[Ge]([CH3])([CH3])[CH3].CC(c1ccnc(-c2[c-]cc3oc4cc(-c5ccccc5)ccc4c3c2)c1)C1CCCCC1.[Ir]. The largest absolute Gasteiger partial charge is 0.500 e. The summed E-state index contributed by atoms with van der Waals surface area (Å²) in [6, 6.07) is 42.6. The third-order valence-corrected chi connectivity index (χ3v) is 15.2. The van der Waals surface area contributed by atoms with Gasteiger partial charge in [-0.25, -0.2) is 0 Å². The zero-order chi connectivity index (χ0) is 37.0. The monoisotopic (exact) mass is 951 g/mol. The van der Waals surface area contributed by atoms with Gasteiger partial charge in [-0.15, -0.1) is 23.8 Å². The van der Waals surface area contributed by atoms with Crippen LogP contribution in [0.5, 0.6) is 0 Å². The summed E-state index contributed by atoms with van der Waals surface area (Å²) >= 11 is -1.86. The van der Waals surface area contributed by atoms with Gasteiger partial charge in [-0.2, -0.15) is 0 Å². The molecule has 1 radical (unpaired) electrons. The Morgan fingerprint density at radius 3 is 2.20 bits per heavy atom. The zero-order valence-corrected chi connectivity index (χ0v) is 37.1. The number of hydrogen-bond acceptors (Lipinski definition) is 3. The minimum absolute atomic E-state index is 0. The molecule has 279 valence electrons. The first-order chi connectivity index (χ1) is 25.6. The van der Waals surface area contributed by atoms with Gasteiger partial charge in [0.1, 0.15) is 5.58 Å². The van der Waals surface area contributed by atoms with E-state index in [4.69, 9.17) is 14.4 Å². The van der Waals surface area contributed by atoms with Crippen molar-refractivity contribution in [2.75, 3.05) is 0 Å².